The maximum absolute atomic E-state index is 13.8. The second-order valence-corrected chi connectivity index (χ2v) is 7.73. The molecule has 2 atom stereocenters. The van der Waals surface area contributed by atoms with Crippen molar-refractivity contribution in [3.05, 3.63) is 41.4 Å². The molecule has 1 saturated carbocycles. The Labute approximate surface area is 143 Å². The van der Waals surface area contributed by atoms with Crippen LogP contribution in [0, 0.1) is 11.3 Å². The summed E-state index contributed by atoms with van der Waals surface area (Å²) < 4.78 is 27.6. The van der Waals surface area contributed by atoms with Crippen LogP contribution in [-0.2, 0) is 11.2 Å². The fourth-order valence-electron chi connectivity index (χ4n) is 3.60. The molecular weight excluding hydrogens is 330 g/mol. The van der Waals surface area contributed by atoms with E-state index in [0.717, 1.165) is 10.6 Å². The van der Waals surface area contributed by atoms with E-state index in [9.17, 15) is 13.6 Å². The van der Waals surface area contributed by atoms with E-state index in [1.807, 2.05) is 35.7 Å². The Hall–Kier alpha value is -1.82. The first kappa shape index (κ1) is 15.7. The summed E-state index contributed by atoms with van der Waals surface area (Å²) in [5.74, 6) is -3.41. The average Bonchev–Trinajstić information content (AvgIpc) is 2.91. The summed E-state index contributed by atoms with van der Waals surface area (Å²) >= 11 is 1.50. The third kappa shape index (κ3) is 2.35. The van der Waals surface area contributed by atoms with Crippen LogP contribution in [-0.4, -0.2) is 34.8 Å². The first-order chi connectivity index (χ1) is 11.4. The standard InChI is InChI=1S/C18H18F2N2OS/c1-17-7-8-22(10-14(17)18(17,19)20)15(23)9-13-11-24-16(21-13)12-5-3-2-4-6-12/h2-6,11,14H,7-10H2,1H3. The predicted octanol–water partition coefficient (Wildman–Crippen LogP) is 3.86. The van der Waals surface area contributed by atoms with Gasteiger partial charge in [-0.3, -0.25) is 4.79 Å². The molecule has 6 heteroatoms. The minimum Gasteiger partial charge on any atom is -0.342 e. The molecule has 2 heterocycles. The summed E-state index contributed by atoms with van der Waals surface area (Å²) in [6.45, 7) is 2.21. The van der Waals surface area contributed by atoms with E-state index < -0.39 is 17.3 Å². The van der Waals surface area contributed by atoms with Gasteiger partial charge < -0.3 is 4.90 Å². The molecular formula is C18H18F2N2OS. The molecule has 1 aliphatic carbocycles. The summed E-state index contributed by atoms with van der Waals surface area (Å²) in [7, 11) is 0. The molecule has 1 aromatic carbocycles. The van der Waals surface area contributed by atoms with Crippen molar-refractivity contribution in [2.24, 2.45) is 11.3 Å². The molecule has 0 spiro atoms. The van der Waals surface area contributed by atoms with E-state index in [4.69, 9.17) is 0 Å². The minimum atomic E-state index is -2.62. The van der Waals surface area contributed by atoms with Crippen molar-refractivity contribution in [3.63, 3.8) is 0 Å². The molecule has 1 aromatic heterocycles. The molecule has 2 aliphatic rings. The lowest BCUT2D eigenvalue weighted by molar-refractivity contribution is -0.131. The molecule has 0 bridgehead atoms. The number of alkyl halides is 2. The molecule has 126 valence electrons. The Morgan fingerprint density at radius 3 is 2.83 bits per heavy atom. The normalized spacial score (nSPS) is 27.6. The summed E-state index contributed by atoms with van der Waals surface area (Å²) in [6.07, 6.45) is 0.557. The molecule has 0 N–H and O–H groups in total. The van der Waals surface area contributed by atoms with Crippen molar-refractivity contribution in [3.8, 4) is 10.6 Å². The maximum Gasteiger partial charge on any atom is 0.259 e. The number of likely N-dealkylation sites (tertiary alicyclic amines) is 1. The van der Waals surface area contributed by atoms with Crippen molar-refractivity contribution in [2.75, 3.05) is 13.1 Å². The van der Waals surface area contributed by atoms with Crippen molar-refractivity contribution < 1.29 is 13.6 Å². The SMILES string of the molecule is CC12CCN(C(=O)Cc3csc(-c4ccccc4)n3)CC1C2(F)F. The molecule has 3 nitrogen and oxygen atoms in total. The molecule has 1 saturated heterocycles. The third-order valence-corrected chi connectivity index (χ3v) is 6.39. The topological polar surface area (TPSA) is 33.2 Å². The van der Waals surface area contributed by atoms with Crippen molar-refractivity contribution in [2.45, 2.75) is 25.7 Å². The first-order valence-electron chi connectivity index (χ1n) is 8.07. The number of piperidine rings is 1. The Bertz CT molecular complexity index is 776. The van der Waals surface area contributed by atoms with Gasteiger partial charge >= 0.3 is 0 Å². The Morgan fingerprint density at radius 1 is 1.38 bits per heavy atom. The number of rotatable bonds is 3. The quantitative estimate of drug-likeness (QED) is 0.844. The molecule has 2 unspecified atom stereocenters. The number of fused-ring (bicyclic) bond motifs is 1. The molecule has 1 aliphatic heterocycles. The van der Waals surface area contributed by atoms with E-state index in [0.29, 0.717) is 18.7 Å². The minimum absolute atomic E-state index is 0.107. The van der Waals surface area contributed by atoms with Crippen LogP contribution in [0.2, 0.25) is 0 Å². The molecule has 2 aromatic rings. The summed E-state index contributed by atoms with van der Waals surface area (Å²) in [6, 6.07) is 9.79. The van der Waals surface area contributed by atoms with Crippen LogP contribution in [0.1, 0.15) is 19.0 Å². The molecule has 0 radical (unpaired) electrons. The van der Waals surface area contributed by atoms with Crippen molar-refractivity contribution >= 4 is 17.2 Å². The van der Waals surface area contributed by atoms with Crippen LogP contribution in [0.25, 0.3) is 10.6 Å². The van der Waals surface area contributed by atoms with Gasteiger partial charge in [0, 0.05) is 29.4 Å². The largest absolute Gasteiger partial charge is 0.342 e. The number of hydrogen-bond donors (Lipinski definition) is 0. The van der Waals surface area contributed by atoms with E-state index in [2.05, 4.69) is 4.98 Å². The number of nitrogens with zero attached hydrogens (tertiary/aromatic N) is 2. The monoisotopic (exact) mass is 348 g/mol. The Morgan fingerprint density at radius 2 is 2.12 bits per heavy atom. The molecule has 1 amide bonds. The lowest BCUT2D eigenvalue weighted by Gasteiger charge is -2.28. The van der Waals surface area contributed by atoms with Gasteiger partial charge in [0.05, 0.1) is 18.0 Å². The predicted molar refractivity (Wildman–Crippen MR) is 89.0 cm³/mol. The number of aromatic nitrogens is 1. The fraction of sp³-hybridized carbons (Fsp3) is 0.444. The fourth-order valence-corrected chi connectivity index (χ4v) is 4.43. The highest BCUT2D eigenvalue weighted by Gasteiger charge is 2.78. The number of thiazole rings is 1. The molecule has 2 fully saturated rings. The van der Waals surface area contributed by atoms with Gasteiger partial charge in [0.2, 0.25) is 5.91 Å². The van der Waals surface area contributed by atoms with Crippen LogP contribution in [0.3, 0.4) is 0 Å². The second kappa shape index (κ2) is 5.34. The van der Waals surface area contributed by atoms with Gasteiger partial charge in [-0.15, -0.1) is 11.3 Å². The summed E-state index contributed by atoms with van der Waals surface area (Å²) in [5.41, 5.74) is 0.831. The number of carbonyl (C=O) groups excluding carboxylic acids is 1. The van der Waals surface area contributed by atoms with Crippen LogP contribution in [0.5, 0.6) is 0 Å². The van der Waals surface area contributed by atoms with Crippen LogP contribution < -0.4 is 0 Å². The van der Waals surface area contributed by atoms with Crippen LogP contribution in [0.4, 0.5) is 8.78 Å². The van der Waals surface area contributed by atoms with Crippen molar-refractivity contribution in [1.82, 2.24) is 9.88 Å². The smallest absolute Gasteiger partial charge is 0.259 e. The highest BCUT2D eigenvalue weighted by atomic mass is 32.1. The lowest BCUT2D eigenvalue weighted by atomic mass is 9.97. The van der Waals surface area contributed by atoms with E-state index in [1.165, 1.54) is 11.3 Å². The van der Waals surface area contributed by atoms with E-state index >= 15 is 0 Å². The highest BCUT2D eigenvalue weighted by Crippen LogP contribution is 2.69. The van der Waals surface area contributed by atoms with Gasteiger partial charge in [0.15, 0.2) is 0 Å². The van der Waals surface area contributed by atoms with Crippen LogP contribution in [0.15, 0.2) is 35.7 Å². The second-order valence-electron chi connectivity index (χ2n) is 6.87. The van der Waals surface area contributed by atoms with Gasteiger partial charge in [0.1, 0.15) is 5.01 Å². The maximum atomic E-state index is 13.8. The third-order valence-electron chi connectivity index (χ3n) is 5.45. The first-order valence-corrected chi connectivity index (χ1v) is 8.95. The number of hydrogen-bond acceptors (Lipinski definition) is 3. The lowest BCUT2D eigenvalue weighted by Crippen LogP contribution is -2.39. The summed E-state index contributed by atoms with van der Waals surface area (Å²) in [4.78, 5) is 18.5. The zero-order chi connectivity index (χ0) is 16.9. The Balaban J connectivity index is 1.42. The van der Waals surface area contributed by atoms with Crippen molar-refractivity contribution in [1.29, 1.82) is 0 Å². The highest BCUT2D eigenvalue weighted by molar-refractivity contribution is 7.13. The molecule has 24 heavy (non-hydrogen) atoms. The number of benzene rings is 1. The van der Waals surface area contributed by atoms with Crippen LogP contribution >= 0.6 is 11.3 Å². The Kier molecular flexibility index (Phi) is 3.49. The van der Waals surface area contributed by atoms with Gasteiger partial charge in [-0.05, 0) is 6.42 Å². The summed E-state index contributed by atoms with van der Waals surface area (Å²) in [5, 5.41) is 2.75. The molecule has 4 rings (SSSR count). The van der Waals surface area contributed by atoms with Gasteiger partial charge in [-0.2, -0.15) is 0 Å². The number of amides is 1. The van der Waals surface area contributed by atoms with E-state index in [-0.39, 0.29) is 18.9 Å². The average molecular weight is 348 g/mol. The number of halogens is 2. The van der Waals surface area contributed by atoms with Gasteiger partial charge in [0.25, 0.3) is 5.92 Å². The zero-order valence-corrected chi connectivity index (χ0v) is 14.2. The number of carbonyl (C=O) groups is 1. The van der Waals surface area contributed by atoms with Gasteiger partial charge in [-0.1, -0.05) is 37.3 Å². The zero-order valence-electron chi connectivity index (χ0n) is 13.3. The van der Waals surface area contributed by atoms with E-state index in [1.54, 1.807) is 11.8 Å². The van der Waals surface area contributed by atoms with Gasteiger partial charge in [-0.25, -0.2) is 13.8 Å².